The third kappa shape index (κ3) is 6.94. The number of aliphatic carboxylic acids is 1. The lowest BCUT2D eigenvalue weighted by atomic mass is 9.98. The number of hydrogen-bond acceptors (Lipinski definition) is 5. The zero-order valence-electron chi connectivity index (χ0n) is 22.8. The van der Waals surface area contributed by atoms with Gasteiger partial charge in [-0.1, -0.05) is 73.5 Å². The number of halogens is 3. The van der Waals surface area contributed by atoms with Crippen molar-refractivity contribution >= 4 is 17.1 Å². The second-order valence-corrected chi connectivity index (χ2v) is 10.5. The van der Waals surface area contributed by atoms with E-state index in [0.717, 1.165) is 61.8 Å². The minimum Gasteiger partial charge on any atom is -0.475 e. The molecule has 0 unspecified atom stereocenters. The summed E-state index contributed by atoms with van der Waals surface area (Å²) in [4.78, 5) is 8.90. The molecule has 216 valence electrons. The van der Waals surface area contributed by atoms with E-state index < -0.39 is 12.1 Å². The molecule has 3 heterocycles. The van der Waals surface area contributed by atoms with Crippen LogP contribution in [0, 0.1) is 0 Å². The third-order valence-electron chi connectivity index (χ3n) is 7.78. The average Bonchev–Trinajstić information content (AvgIpc) is 3.69. The Balaban J connectivity index is 0.000000431. The van der Waals surface area contributed by atoms with Gasteiger partial charge in [0.2, 0.25) is 0 Å². The number of carboxylic acids is 1. The zero-order chi connectivity index (χ0) is 28.8. The van der Waals surface area contributed by atoms with E-state index in [1.54, 1.807) is 0 Å². The second kappa shape index (κ2) is 12.8. The lowest BCUT2D eigenvalue weighted by Crippen LogP contribution is -2.21. The van der Waals surface area contributed by atoms with Gasteiger partial charge in [-0.05, 0) is 61.0 Å². The van der Waals surface area contributed by atoms with Gasteiger partial charge in [-0.15, -0.1) is 10.2 Å². The van der Waals surface area contributed by atoms with Crippen molar-refractivity contribution in [3.05, 3.63) is 71.8 Å². The van der Waals surface area contributed by atoms with Crippen molar-refractivity contribution in [3.63, 3.8) is 0 Å². The Morgan fingerprint density at radius 3 is 1.49 bits per heavy atom. The molecule has 1 fully saturated rings. The molecule has 1 aromatic heterocycles. The summed E-state index contributed by atoms with van der Waals surface area (Å²) in [6, 6.07) is 18.4. The Morgan fingerprint density at radius 1 is 0.756 bits per heavy atom. The maximum Gasteiger partial charge on any atom is 0.490 e. The molecule has 7 nitrogen and oxygen atoms in total. The van der Waals surface area contributed by atoms with Crippen LogP contribution in [0.4, 0.5) is 13.2 Å². The molecule has 41 heavy (non-hydrogen) atoms. The highest BCUT2D eigenvalue weighted by Crippen LogP contribution is 2.37. The number of carboxylic acid groups (broad SMARTS) is 1. The normalized spacial score (nSPS) is 17.8. The fraction of sp³-hybridized carbons (Fsp3) is 0.387. The van der Waals surface area contributed by atoms with Gasteiger partial charge >= 0.3 is 12.1 Å². The Labute approximate surface area is 237 Å². The van der Waals surface area contributed by atoms with Gasteiger partial charge in [0.15, 0.2) is 11.6 Å². The first kappa shape index (κ1) is 28.8. The van der Waals surface area contributed by atoms with Crippen molar-refractivity contribution in [1.29, 1.82) is 0 Å². The van der Waals surface area contributed by atoms with Crippen molar-refractivity contribution in [3.8, 4) is 22.8 Å². The summed E-state index contributed by atoms with van der Waals surface area (Å²) in [6.45, 7) is 4.03. The molecule has 0 saturated heterocycles. The maximum absolute atomic E-state index is 10.6. The Bertz CT molecular complexity index is 1320. The molecule has 3 aliphatic rings. The van der Waals surface area contributed by atoms with Gasteiger partial charge in [-0.25, -0.2) is 4.79 Å². The minimum absolute atomic E-state index is 0.471. The van der Waals surface area contributed by atoms with Crippen LogP contribution in [-0.2, 0) is 4.79 Å². The molecule has 6 rings (SSSR count). The summed E-state index contributed by atoms with van der Waals surface area (Å²) in [5, 5.41) is 23.4. The summed E-state index contributed by atoms with van der Waals surface area (Å²) < 4.78 is 34.2. The summed E-state index contributed by atoms with van der Waals surface area (Å²) in [7, 11) is 0. The van der Waals surface area contributed by atoms with Crippen molar-refractivity contribution in [2.75, 3.05) is 26.2 Å². The third-order valence-corrected chi connectivity index (χ3v) is 7.78. The van der Waals surface area contributed by atoms with Gasteiger partial charge in [-0.3, -0.25) is 0 Å². The van der Waals surface area contributed by atoms with Crippen LogP contribution in [0.15, 0.2) is 60.7 Å². The topological polar surface area (TPSA) is 92.1 Å². The molecule has 3 aromatic rings. The van der Waals surface area contributed by atoms with E-state index in [2.05, 4.69) is 75.9 Å². The van der Waals surface area contributed by atoms with E-state index in [4.69, 9.17) is 20.1 Å². The van der Waals surface area contributed by atoms with Gasteiger partial charge in [0.05, 0.1) is 0 Å². The van der Waals surface area contributed by atoms with E-state index in [1.165, 1.54) is 48.0 Å². The number of benzene rings is 2. The fourth-order valence-corrected chi connectivity index (χ4v) is 5.63. The lowest BCUT2D eigenvalue weighted by molar-refractivity contribution is -0.192. The molecule has 0 radical (unpaired) electrons. The molecule has 2 aliphatic heterocycles. The van der Waals surface area contributed by atoms with Gasteiger partial charge in [-0.2, -0.15) is 13.2 Å². The molecule has 0 amide bonds. The average molecular weight is 566 g/mol. The Morgan fingerprint density at radius 2 is 1.15 bits per heavy atom. The van der Waals surface area contributed by atoms with E-state index in [0.29, 0.717) is 6.04 Å². The molecule has 1 aliphatic carbocycles. The predicted octanol–water partition coefficient (Wildman–Crippen LogP) is 6.11. The predicted molar refractivity (Wildman–Crippen MR) is 153 cm³/mol. The summed E-state index contributed by atoms with van der Waals surface area (Å²) in [5.41, 5.74) is 7.82. The highest BCUT2D eigenvalue weighted by Gasteiger charge is 2.38. The van der Waals surface area contributed by atoms with Gasteiger partial charge in [0.1, 0.15) is 0 Å². The SMILES string of the molecule is C1=C(c2ccc(-c3nnc(-c4ccc(C5=CCNCC5)cc4)n3C3CCCC3)cc2)CCNC1.O=C(O)C(F)(F)F. The monoisotopic (exact) mass is 565 g/mol. The maximum atomic E-state index is 10.6. The van der Waals surface area contributed by atoms with Crippen LogP contribution >= 0.6 is 0 Å². The first-order chi connectivity index (χ1) is 19.8. The number of aromatic nitrogens is 3. The molecule has 1 saturated carbocycles. The molecule has 3 N–H and O–H groups in total. The smallest absolute Gasteiger partial charge is 0.475 e. The minimum atomic E-state index is -5.08. The van der Waals surface area contributed by atoms with E-state index in [-0.39, 0.29) is 0 Å². The highest BCUT2D eigenvalue weighted by molar-refractivity contribution is 5.73. The summed E-state index contributed by atoms with van der Waals surface area (Å²) in [5.74, 6) is -0.761. The first-order valence-electron chi connectivity index (χ1n) is 14.1. The highest BCUT2D eigenvalue weighted by atomic mass is 19.4. The standard InChI is InChI=1S/C29H33N5.C2HF3O2/c1-2-4-27(3-1)34-28(25-9-5-21(6-10-25)23-13-17-30-18-14-23)32-33-29(34)26-11-7-22(8-12-26)24-15-19-31-20-16-24;3-2(4,5)1(6)7/h5-13,15,27,30-31H,1-4,14,16-20H2;(H,6,7). The number of carbonyl (C=O) groups is 1. The molecular formula is C31H34F3N5O2. The fourth-order valence-electron chi connectivity index (χ4n) is 5.63. The molecule has 0 spiro atoms. The van der Waals surface area contributed by atoms with Crippen LogP contribution < -0.4 is 10.6 Å². The van der Waals surface area contributed by atoms with Gasteiger partial charge < -0.3 is 20.3 Å². The van der Waals surface area contributed by atoms with Crippen LogP contribution in [-0.4, -0.2) is 58.2 Å². The van der Waals surface area contributed by atoms with E-state index in [9.17, 15) is 13.2 Å². The number of alkyl halides is 3. The van der Waals surface area contributed by atoms with Crippen LogP contribution in [0.3, 0.4) is 0 Å². The lowest BCUT2D eigenvalue weighted by Gasteiger charge is -2.18. The van der Waals surface area contributed by atoms with Crippen molar-refractivity contribution in [2.45, 2.75) is 50.7 Å². The van der Waals surface area contributed by atoms with Crippen LogP contribution in [0.25, 0.3) is 33.9 Å². The first-order valence-corrected chi connectivity index (χ1v) is 14.1. The van der Waals surface area contributed by atoms with Crippen molar-refractivity contribution < 1.29 is 23.1 Å². The largest absolute Gasteiger partial charge is 0.490 e. The molecule has 0 atom stereocenters. The number of nitrogens with zero attached hydrogens (tertiary/aromatic N) is 3. The van der Waals surface area contributed by atoms with E-state index in [1.807, 2.05) is 0 Å². The molecule has 2 aromatic carbocycles. The van der Waals surface area contributed by atoms with Crippen LogP contribution in [0.5, 0.6) is 0 Å². The quantitative estimate of drug-likeness (QED) is 0.346. The zero-order valence-corrected chi connectivity index (χ0v) is 22.8. The number of nitrogens with one attached hydrogen (secondary N) is 2. The molecule has 10 heteroatoms. The van der Waals surface area contributed by atoms with Crippen LogP contribution in [0.2, 0.25) is 0 Å². The van der Waals surface area contributed by atoms with E-state index >= 15 is 0 Å². The Hall–Kier alpha value is -3.76. The van der Waals surface area contributed by atoms with Gasteiger partial charge in [0, 0.05) is 30.3 Å². The van der Waals surface area contributed by atoms with Crippen molar-refractivity contribution in [2.24, 2.45) is 0 Å². The number of rotatable bonds is 5. The van der Waals surface area contributed by atoms with Crippen LogP contribution in [0.1, 0.15) is 55.7 Å². The van der Waals surface area contributed by atoms with Crippen molar-refractivity contribution in [1.82, 2.24) is 25.4 Å². The summed E-state index contributed by atoms with van der Waals surface area (Å²) >= 11 is 0. The second-order valence-electron chi connectivity index (χ2n) is 10.5. The molecular weight excluding hydrogens is 531 g/mol. The number of hydrogen-bond donors (Lipinski definition) is 3. The molecule has 0 bridgehead atoms. The Kier molecular flexibility index (Phi) is 8.99. The van der Waals surface area contributed by atoms with Gasteiger partial charge in [0.25, 0.3) is 0 Å². The summed E-state index contributed by atoms with van der Waals surface area (Å²) in [6.07, 6.45) is 6.68.